The Bertz CT molecular complexity index is 522. The topological polar surface area (TPSA) is 32.3 Å². The second-order valence-electron chi connectivity index (χ2n) is 4.32. The molecule has 1 unspecified atom stereocenters. The Labute approximate surface area is 133 Å². The minimum absolute atomic E-state index is 0.222. The highest BCUT2D eigenvalue weighted by atomic mass is 32.2. The van der Waals surface area contributed by atoms with Gasteiger partial charge in [-0.15, -0.1) is 0 Å². The Morgan fingerprint density at radius 3 is 2.48 bits per heavy atom. The molecule has 0 aliphatic carbocycles. The number of thioether (sulfide) groups is 1. The maximum absolute atomic E-state index is 13.1. The Kier molecular flexibility index (Phi) is 7.04. The van der Waals surface area contributed by atoms with Crippen LogP contribution in [0.15, 0.2) is 18.2 Å². The fraction of sp³-hybridized carbons (Fsp3) is 0.429. The molecule has 116 valence electrons. The van der Waals surface area contributed by atoms with Crippen LogP contribution in [0.4, 0.5) is 14.5 Å². The first-order valence-electron chi connectivity index (χ1n) is 6.60. The summed E-state index contributed by atoms with van der Waals surface area (Å²) in [6.45, 7) is 7.25. The third-order valence-corrected chi connectivity index (χ3v) is 4.43. The van der Waals surface area contributed by atoms with Gasteiger partial charge in [0, 0.05) is 24.8 Å². The summed E-state index contributed by atoms with van der Waals surface area (Å²) < 4.78 is 26.5. The zero-order valence-corrected chi connectivity index (χ0v) is 13.8. The first-order valence-corrected chi connectivity index (χ1v) is 7.89. The van der Waals surface area contributed by atoms with Gasteiger partial charge in [0.15, 0.2) is 11.6 Å². The number of benzene rings is 1. The lowest BCUT2D eigenvalue weighted by Gasteiger charge is -2.22. The van der Waals surface area contributed by atoms with Gasteiger partial charge in [-0.05, 0) is 32.9 Å². The molecule has 3 nitrogen and oxygen atoms in total. The number of hydrogen-bond donors (Lipinski definition) is 1. The number of nitrogens with zero attached hydrogens (tertiary/aromatic N) is 1. The number of carbonyl (C=O) groups excluding carboxylic acids is 1. The van der Waals surface area contributed by atoms with Crippen LogP contribution in [-0.2, 0) is 4.79 Å². The number of halogens is 2. The predicted octanol–water partition coefficient (Wildman–Crippen LogP) is 3.65. The minimum atomic E-state index is -0.994. The van der Waals surface area contributed by atoms with Gasteiger partial charge < -0.3 is 10.2 Å². The molecule has 0 aliphatic heterocycles. The van der Waals surface area contributed by atoms with Crippen molar-refractivity contribution in [2.24, 2.45) is 0 Å². The van der Waals surface area contributed by atoms with E-state index < -0.39 is 16.9 Å². The maximum atomic E-state index is 13.1. The van der Waals surface area contributed by atoms with Gasteiger partial charge in [0.25, 0.3) is 0 Å². The van der Waals surface area contributed by atoms with E-state index in [0.29, 0.717) is 4.32 Å². The smallest absolute Gasteiger partial charge is 0.237 e. The fourth-order valence-corrected chi connectivity index (χ4v) is 3.15. The summed E-state index contributed by atoms with van der Waals surface area (Å²) in [5, 5.41) is 2.12. The second kappa shape index (κ2) is 8.29. The normalized spacial score (nSPS) is 11.9. The molecule has 0 saturated carbocycles. The van der Waals surface area contributed by atoms with Gasteiger partial charge in [-0.25, -0.2) is 8.78 Å². The molecule has 1 rings (SSSR count). The summed E-state index contributed by atoms with van der Waals surface area (Å²) in [7, 11) is 0. The molecule has 1 amide bonds. The average Bonchev–Trinajstić information content (AvgIpc) is 2.44. The summed E-state index contributed by atoms with van der Waals surface area (Å²) in [5.74, 6) is -2.24. The molecular formula is C14H18F2N2OS2. The molecule has 1 aromatic carbocycles. The van der Waals surface area contributed by atoms with Crippen LogP contribution in [0.5, 0.6) is 0 Å². The quantitative estimate of drug-likeness (QED) is 0.834. The van der Waals surface area contributed by atoms with Crippen LogP contribution in [0, 0.1) is 11.6 Å². The zero-order valence-electron chi connectivity index (χ0n) is 12.2. The van der Waals surface area contributed by atoms with Gasteiger partial charge in [-0.1, -0.05) is 24.0 Å². The molecular weight excluding hydrogens is 314 g/mol. The highest BCUT2D eigenvalue weighted by molar-refractivity contribution is 8.23. The standard InChI is InChI=1S/C14H18F2N2OS2/c1-4-18(5-2)14(20)21-9(3)13(19)17-10-6-7-11(15)12(16)8-10/h6-9H,4-5H2,1-3H3,(H,17,19). The first kappa shape index (κ1) is 17.8. The van der Waals surface area contributed by atoms with E-state index in [0.717, 1.165) is 25.2 Å². The highest BCUT2D eigenvalue weighted by Crippen LogP contribution is 2.19. The van der Waals surface area contributed by atoms with Gasteiger partial charge in [0.2, 0.25) is 5.91 Å². The molecule has 0 fully saturated rings. The molecule has 1 N–H and O–H groups in total. The van der Waals surface area contributed by atoms with Gasteiger partial charge in [0.1, 0.15) is 4.32 Å². The Morgan fingerprint density at radius 1 is 1.33 bits per heavy atom. The van der Waals surface area contributed by atoms with Crippen molar-refractivity contribution in [3.63, 3.8) is 0 Å². The van der Waals surface area contributed by atoms with E-state index >= 15 is 0 Å². The van der Waals surface area contributed by atoms with Crippen LogP contribution in [-0.4, -0.2) is 33.5 Å². The van der Waals surface area contributed by atoms with Crippen LogP contribution >= 0.6 is 24.0 Å². The average molecular weight is 332 g/mol. The largest absolute Gasteiger partial charge is 0.358 e. The lowest BCUT2D eigenvalue weighted by atomic mass is 10.3. The van der Waals surface area contributed by atoms with Gasteiger partial charge in [-0.3, -0.25) is 4.79 Å². The molecule has 21 heavy (non-hydrogen) atoms. The van der Waals surface area contributed by atoms with Crippen molar-refractivity contribution < 1.29 is 13.6 Å². The lowest BCUT2D eigenvalue weighted by Crippen LogP contribution is -2.31. The van der Waals surface area contributed by atoms with Crippen molar-refractivity contribution in [1.82, 2.24) is 4.90 Å². The van der Waals surface area contributed by atoms with Crippen molar-refractivity contribution in [3.8, 4) is 0 Å². The molecule has 1 aromatic rings. The van der Waals surface area contributed by atoms with E-state index in [4.69, 9.17) is 12.2 Å². The molecule has 0 radical (unpaired) electrons. The molecule has 0 aliphatic rings. The zero-order chi connectivity index (χ0) is 16.0. The van der Waals surface area contributed by atoms with Crippen LogP contribution in [0.1, 0.15) is 20.8 Å². The van der Waals surface area contributed by atoms with E-state index in [9.17, 15) is 13.6 Å². The minimum Gasteiger partial charge on any atom is -0.358 e. The predicted molar refractivity (Wildman–Crippen MR) is 87.6 cm³/mol. The van der Waals surface area contributed by atoms with E-state index in [1.165, 1.54) is 17.8 Å². The summed E-state index contributed by atoms with van der Waals surface area (Å²) in [6.07, 6.45) is 0. The fourth-order valence-electron chi connectivity index (χ4n) is 1.58. The SMILES string of the molecule is CCN(CC)C(=S)SC(C)C(=O)Nc1ccc(F)c(F)c1. The van der Waals surface area contributed by atoms with Crippen LogP contribution < -0.4 is 5.32 Å². The molecule has 7 heteroatoms. The van der Waals surface area contributed by atoms with Crippen LogP contribution in [0.3, 0.4) is 0 Å². The lowest BCUT2D eigenvalue weighted by molar-refractivity contribution is -0.115. The van der Waals surface area contributed by atoms with Crippen molar-refractivity contribution in [2.45, 2.75) is 26.0 Å². The Morgan fingerprint density at radius 2 is 1.95 bits per heavy atom. The molecule has 0 heterocycles. The molecule has 0 saturated heterocycles. The number of carbonyl (C=O) groups is 1. The van der Waals surface area contributed by atoms with E-state index in [1.54, 1.807) is 6.92 Å². The number of thiocarbonyl (C=S) groups is 1. The summed E-state index contributed by atoms with van der Waals surface area (Å²) >= 11 is 6.54. The molecule has 0 bridgehead atoms. The Hall–Kier alpha value is -1.21. The second-order valence-corrected chi connectivity index (χ2v) is 6.29. The number of hydrogen-bond acceptors (Lipinski definition) is 3. The number of nitrogens with one attached hydrogen (secondary N) is 1. The Balaban J connectivity index is 2.62. The molecule has 1 atom stereocenters. The molecule has 0 spiro atoms. The summed E-state index contributed by atoms with van der Waals surface area (Å²) in [6, 6.07) is 3.24. The third kappa shape index (κ3) is 5.24. The van der Waals surface area contributed by atoms with Crippen molar-refractivity contribution in [3.05, 3.63) is 29.8 Å². The van der Waals surface area contributed by atoms with Crippen molar-refractivity contribution in [1.29, 1.82) is 0 Å². The van der Waals surface area contributed by atoms with E-state index in [1.807, 2.05) is 18.7 Å². The van der Waals surface area contributed by atoms with Gasteiger partial charge in [-0.2, -0.15) is 0 Å². The van der Waals surface area contributed by atoms with E-state index in [-0.39, 0.29) is 11.6 Å². The van der Waals surface area contributed by atoms with Crippen molar-refractivity contribution in [2.75, 3.05) is 18.4 Å². The summed E-state index contributed by atoms with van der Waals surface area (Å²) in [5.41, 5.74) is 0.222. The van der Waals surface area contributed by atoms with E-state index in [2.05, 4.69) is 5.32 Å². The maximum Gasteiger partial charge on any atom is 0.237 e. The first-order chi connectivity index (χ1) is 9.88. The van der Waals surface area contributed by atoms with Crippen molar-refractivity contribution >= 4 is 39.9 Å². The highest BCUT2D eigenvalue weighted by Gasteiger charge is 2.18. The van der Waals surface area contributed by atoms with Gasteiger partial charge in [0.05, 0.1) is 5.25 Å². The summed E-state index contributed by atoms with van der Waals surface area (Å²) in [4.78, 5) is 14.0. The van der Waals surface area contributed by atoms with Crippen LogP contribution in [0.2, 0.25) is 0 Å². The van der Waals surface area contributed by atoms with Gasteiger partial charge >= 0.3 is 0 Å². The number of amides is 1. The van der Waals surface area contributed by atoms with Crippen LogP contribution in [0.25, 0.3) is 0 Å². The third-order valence-electron chi connectivity index (χ3n) is 2.86. The monoisotopic (exact) mass is 332 g/mol. The number of rotatable bonds is 5. The number of anilines is 1. The molecule has 0 aromatic heterocycles.